The van der Waals surface area contributed by atoms with Gasteiger partial charge in [-0.05, 0) is 42.5 Å². The minimum atomic E-state index is -0.643. The number of furan rings is 1. The van der Waals surface area contributed by atoms with Crippen LogP contribution >= 0.6 is 0 Å². The number of amides is 1. The van der Waals surface area contributed by atoms with E-state index in [1.165, 1.54) is 37.6 Å². The lowest BCUT2D eigenvalue weighted by Gasteiger charge is -2.11. The molecule has 0 saturated carbocycles. The molecule has 8 heteroatoms. The van der Waals surface area contributed by atoms with Crippen LogP contribution in [0.3, 0.4) is 0 Å². The van der Waals surface area contributed by atoms with Crippen LogP contribution in [0.5, 0.6) is 5.75 Å². The second kappa shape index (κ2) is 8.17. The number of carbonyl (C=O) groups excluding carboxylic acids is 1. The first-order chi connectivity index (χ1) is 13.5. The van der Waals surface area contributed by atoms with Gasteiger partial charge < -0.3 is 19.2 Å². The number of anilines is 1. The molecule has 7 nitrogen and oxygen atoms in total. The highest BCUT2D eigenvalue weighted by molar-refractivity contribution is 6.07. The number of methoxy groups -OCH3 is 1. The second-order valence-corrected chi connectivity index (χ2v) is 5.59. The maximum atomic E-state index is 13.8. The first-order valence-electron chi connectivity index (χ1n) is 8.12. The van der Waals surface area contributed by atoms with Crippen LogP contribution in [0.15, 0.2) is 65.3 Å². The van der Waals surface area contributed by atoms with E-state index in [1.807, 2.05) is 0 Å². The van der Waals surface area contributed by atoms with Crippen LogP contribution < -0.4 is 10.1 Å². The van der Waals surface area contributed by atoms with Gasteiger partial charge in [-0.15, -0.1) is 0 Å². The summed E-state index contributed by atoms with van der Waals surface area (Å²) in [6.07, 6.45) is 1.40. The van der Waals surface area contributed by atoms with E-state index in [1.54, 1.807) is 30.3 Å². The van der Waals surface area contributed by atoms with Crippen LogP contribution in [0.25, 0.3) is 0 Å². The summed E-state index contributed by atoms with van der Waals surface area (Å²) in [6.45, 7) is 0. The second-order valence-electron chi connectivity index (χ2n) is 5.59. The fraction of sp³-hybridized carbons (Fsp3) is 0.0500. The number of nitrogens with one attached hydrogen (secondary N) is 3. The van der Waals surface area contributed by atoms with Crippen molar-refractivity contribution >= 4 is 23.4 Å². The predicted octanol–water partition coefficient (Wildman–Crippen LogP) is 4.05. The zero-order valence-electron chi connectivity index (χ0n) is 14.8. The van der Waals surface area contributed by atoms with Gasteiger partial charge in [-0.3, -0.25) is 15.6 Å². The van der Waals surface area contributed by atoms with Gasteiger partial charge in [0.2, 0.25) is 5.90 Å². The third-order valence-electron chi connectivity index (χ3n) is 3.75. The first-order valence-corrected chi connectivity index (χ1v) is 8.12. The summed E-state index contributed by atoms with van der Waals surface area (Å²) in [7, 11) is 1.28. The molecule has 142 valence electrons. The van der Waals surface area contributed by atoms with Crippen LogP contribution in [-0.2, 0) is 4.74 Å². The van der Waals surface area contributed by atoms with Crippen molar-refractivity contribution in [3.63, 3.8) is 0 Å². The Morgan fingerprint density at radius 3 is 2.57 bits per heavy atom. The van der Waals surface area contributed by atoms with Crippen LogP contribution in [0.1, 0.15) is 21.7 Å². The molecule has 0 saturated heterocycles. The molecule has 0 aliphatic rings. The van der Waals surface area contributed by atoms with E-state index in [4.69, 9.17) is 24.7 Å². The van der Waals surface area contributed by atoms with Gasteiger partial charge in [0.25, 0.3) is 11.8 Å². The van der Waals surface area contributed by atoms with Gasteiger partial charge >= 0.3 is 0 Å². The Labute approximate surface area is 159 Å². The van der Waals surface area contributed by atoms with Crippen molar-refractivity contribution < 1.29 is 23.1 Å². The molecule has 3 aromatic rings. The SMILES string of the molecule is COc1c(F)cccc1C(=O)Nc1cccc(C(=N)OC(=N)c2ccco2)c1. The molecular weight excluding hydrogens is 365 g/mol. The molecule has 1 aromatic heterocycles. The normalized spacial score (nSPS) is 10.2. The molecule has 0 radical (unpaired) electrons. The largest absolute Gasteiger partial charge is 0.493 e. The summed E-state index contributed by atoms with van der Waals surface area (Å²) >= 11 is 0. The minimum Gasteiger partial charge on any atom is -0.493 e. The Hall–Kier alpha value is -3.94. The standard InChI is InChI=1S/C20H16FN3O4/c1-26-17-14(7-3-8-15(17)21)20(25)24-13-6-2-5-12(11-13)18(22)28-19(23)16-9-4-10-27-16/h2-11,22-23H,1H3,(H,24,25). The van der Waals surface area contributed by atoms with E-state index < -0.39 is 11.7 Å². The van der Waals surface area contributed by atoms with Gasteiger partial charge in [-0.1, -0.05) is 12.1 Å². The lowest BCUT2D eigenvalue weighted by molar-refractivity contribution is 0.102. The number of hydrogen-bond donors (Lipinski definition) is 3. The van der Waals surface area contributed by atoms with E-state index in [0.717, 1.165) is 0 Å². The first kappa shape index (κ1) is 18.8. The molecule has 2 aromatic carbocycles. The molecular formula is C20H16FN3O4. The highest BCUT2D eigenvalue weighted by Crippen LogP contribution is 2.23. The number of hydrogen-bond acceptors (Lipinski definition) is 6. The zero-order chi connectivity index (χ0) is 20.1. The van der Waals surface area contributed by atoms with Gasteiger partial charge in [0.1, 0.15) is 0 Å². The smallest absolute Gasteiger partial charge is 0.259 e. The Bertz CT molecular complexity index is 1030. The lowest BCUT2D eigenvalue weighted by atomic mass is 10.1. The van der Waals surface area contributed by atoms with E-state index in [0.29, 0.717) is 11.3 Å². The number of para-hydroxylation sites is 1. The summed E-state index contributed by atoms with van der Waals surface area (Å²) in [5, 5.41) is 18.4. The highest BCUT2D eigenvalue weighted by atomic mass is 19.1. The Kier molecular flexibility index (Phi) is 5.50. The highest BCUT2D eigenvalue weighted by Gasteiger charge is 2.17. The Balaban J connectivity index is 1.75. The molecule has 3 N–H and O–H groups in total. The predicted molar refractivity (Wildman–Crippen MR) is 101 cm³/mol. The van der Waals surface area contributed by atoms with E-state index >= 15 is 0 Å². The maximum Gasteiger partial charge on any atom is 0.259 e. The van der Waals surface area contributed by atoms with Gasteiger partial charge in [0, 0.05) is 11.3 Å². The van der Waals surface area contributed by atoms with Gasteiger partial charge in [0.05, 0.1) is 18.9 Å². The summed E-state index contributed by atoms with van der Waals surface area (Å²) in [4.78, 5) is 12.5. The van der Waals surface area contributed by atoms with Gasteiger partial charge in [0.15, 0.2) is 17.3 Å². The van der Waals surface area contributed by atoms with Gasteiger partial charge in [-0.2, -0.15) is 0 Å². The molecule has 0 bridgehead atoms. The maximum absolute atomic E-state index is 13.8. The average Bonchev–Trinajstić information content (AvgIpc) is 3.23. The van der Waals surface area contributed by atoms with Crippen molar-refractivity contribution in [2.75, 3.05) is 12.4 Å². The molecule has 3 rings (SSSR count). The van der Waals surface area contributed by atoms with Crippen molar-refractivity contribution in [3.05, 3.63) is 83.6 Å². The molecule has 0 aliphatic heterocycles. The fourth-order valence-corrected chi connectivity index (χ4v) is 2.45. The molecule has 1 amide bonds. The van der Waals surface area contributed by atoms with Crippen LogP contribution in [0, 0.1) is 16.6 Å². The number of rotatable bonds is 5. The third kappa shape index (κ3) is 4.07. The topological polar surface area (TPSA) is 108 Å². The van der Waals surface area contributed by atoms with Crippen molar-refractivity contribution in [2.24, 2.45) is 0 Å². The van der Waals surface area contributed by atoms with Gasteiger partial charge in [-0.25, -0.2) is 4.39 Å². The summed E-state index contributed by atoms with van der Waals surface area (Å²) < 4.78 is 28.9. The fourth-order valence-electron chi connectivity index (χ4n) is 2.45. The molecule has 0 atom stereocenters. The summed E-state index contributed by atoms with van der Waals surface area (Å²) in [5.41, 5.74) is 0.742. The minimum absolute atomic E-state index is 0.0406. The number of benzene rings is 2. The molecule has 1 heterocycles. The van der Waals surface area contributed by atoms with Crippen molar-refractivity contribution in [2.45, 2.75) is 0 Å². The third-order valence-corrected chi connectivity index (χ3v) is 3.75. The Morgan fingerprint density at radius 1 is 1.07 bits per heavy atom. The van der Waals surface area contributed by atoms with Crippen LogP contribution in [-0.4, -0.2) is 24.8 Å². The van der Waals surface area contributed by atoms with E-state index in [2.05, 4.69) is 5.32 Å². The van der Waals surface area contributed by atoms with E-state index in [9.17, 15) is 9.18 Å². The van der Waals surface area contributed by atoms with Crippen LogP contribution in [0.4, 0.5) is 10.1 Å². The van der Waals surface area contributed by atoms with Crippen molar-refractivity contribution in [3.8, 4) is 5.75 Å². The molecule has 28 heavy (non-hydrogen) atoms. The lowest BCUT2D eigenvalue weighted by Crippen LogP contribution is -2.15. The van der Waals surface area contributed by atoms with Crippen molar-refractivity contribution in [1.29, 1.82) is 10.8 Å². The number of halogens is 1. The average molecular weight is 381 g/mol. The van der Waals surface area contributed by atoms with Crippen LogP contribution in [0.2, 0.25) is 0 Å². The molecule has 0 fully saturated rings. The molecule has 0 aliphatic carbocycles. The summed E-state index contributed by atoms with van der Waals surface area (Å²) in [5.74, 6) is -1.78. The zero-order valence-corrected chi connectivity index (χ0v) is 14.8. The molecule has 0 unspecified atom stereocenters. The quantitative estimate of drug-likeness (QED) is 0.458. The number of ether oxygens (including phenoxy) is 2. The Morgan fingerprint density at radius 2 is 1.86 bits per heavy atom. The van der Waals surface area contributed by atoms with Crippen molar-refractivity contribution in [1.82, 2.24) is 0 Å². The summed E-state index contributed by atoms with van der Waals surface area (Å²) in [6, 6.07) is 13.5. The number of carbonyl (C=O) groups is 1. The molecule has 0 spiro atoms. The van der Waals surface area contributed by atoms with E-state index in [-0.39, 0.29) is 28.9 Å². The monoisotopic (exact) mass is 381 g/mol.